The van der Waals surface area contributed by atoms with E-state index in [2.05, 4.69) is 15.5 Å². The number of aromatic nitrogens is 4. The summed E-state index contributed by atoms with van der Waals surface area (Å²) in [6.07, 6.45) is 2.67. The van der Waals surface area contributed by atoms with Gasteiger partial charge in [0, 0.05) is 24.1 Å². The summed E-state index contributed by atoms with van der Waals surface area (Å²) in [4.78, 5) is 28.0. The Hall–Kier alpha value is -2.71. The first-order chi connectivity index (χ1) is 15.0. The summed E-state index contributed by atoms with van der Waals surface area (Å²) < 4.78 is 1.59. The maximum atomic E-state index is 13.3. The molecule has 1 amide bonds. The molecule has 31 heavy (non-hydrogen) atoms. The van der Waals surface area contributed by atoms with Crippen molar-refractivity contribution in [3.05, 3.63) is 65.2 Å². The smallest absolute Gasteiger partial charge is 0.233 e. The third kappa shape index (κ3) is 4.09. The molecule has 1 aliphatic rings. The number of ketones is 1. The molecule has 1 fully saturated rings. The molecule has 4 rings (SSSR count). The van der Waals surface area contributed by atoms with E-state index in [0.29, 0.717) is 28.6 Å². The third-order valence-corrected chi connectivity index (χ3v) is 6.92. The lowest BCUT2D eigenvalue weighted by Gasteiger charge is -2.44. The van der Waals surface area contributed by atoms with E-state index in [1.165, 1.54) is 11.8 Å². The molecule has 0 unspecified atom stereocenters. The first-order valence-corrected chi connectivity index (χ1v) is 11.4. The molecule has 7 nitrogen and oxygen atoms in total. The van der Waals surface area contributed by atoms with Crippen LogP contribution in [0.25, 0.3) is 5.69 Å². The maximum Gasteiger partial charge on any atom is 0.233 e. The molecular weight excluding hydrogens is 434 g/mol. The number of para-hydroxylation sites is 1. The summed E-state index contributed by atoms with van der Waals surface area (Å²) in [5, 5.41) is 12.8. The minimum Gasteiger partial charge on any atom is -0.328 e. The highest BCUT2D eigenvalue weighted by Crippen LogP contribution is 2.42. The van der Waals surface area contributed by atoms with Crippen molar-refractivity contribution in [2.75, 3.05) is 12.8 Å². The van der Waals surface area contributed by atoms with Crippen LogP contribution in [0.2, 0.25) is 5.02 Å². The number of carbonyl (C=O) groups is 2. The Bertz CT molecular complexity index is 1090. The van der Waals surface area contributed by atoms with Crippen molar-refractivity contribution in [3.8, 4) is 5.69 Å². The molecule has 1 atom stereocenters. The Labute approximate surface area is 189 Å². The minimum absolute atomic E-state index is 0.0295. The van der Waals surface area contributed by atoms with Crippen LogP contribution in [-0.4, -0.2) is 49.6 Å². The van der Waals surface area contributed by atoms with Gasteiger partial charge in [-0.05, 0) is 47.9 Å². The SMILES string of the molecule is CN(C(=O)CSc1nnnn1-c1ccccc1)[C@@]1(c2ccccc2Cl)CCCCC1=O. The second kappa shape index (κ2) is 9.20. The predicted octanol–water partition coefficient (Wildman–Crippen LogP) is 3.90. The van der Waals surface area contributed by atoms with Gasteiger partial charge in [0.25, 0.3) is 0 Å². The van der Waals surface area contributed by atoms with Crippen molar-refractivity contribution in [1.29, 1.82) is 0 Å². The van der Waals surface area contributed by atoms with Gasteiger partial charge in [0.2, 0.25) is 11.1 Å². The number of hydrogen-bond donors (Lipinski definition) is 0. The first-order valence-electron chi connectivity index (χ1n) is 10.1. The Morgan fingerprint density at radius 2 is 1.90 bits per heavy atom. The monoisotopic (exact) mass is 455 g/mol. The zero-order valence-corrected chi connectivity index (χ0v) is 18.6. The lowest BCUT2D eigenvalue weighted by atomic mass is 9.74. The van der Waals surface area contributed by atoms with Crippen LogP contribution in [0.3, 0.4) is 0 Å². The van der Waals surface area contributed by atoms with Crippen LogP contribution in [0, 0.1) is 0 Å². The van der Waals surface area contributed by atoms with Crippen LogP contribution in [0.4, 0.5) is 0 Å². The van der Waals surface area contributed by atoms with Crippen LogP contribution >= 0.6 is 23.4 Å². The van der Waals surface area contributed by atoms with Gasteiger partial charge in [0.05, 0.1) is 11.4 Å². The number of benzene rings is 2. The van der Waals surface area contributed by atoms with Crippen LogP contribution in [0.5, 0.6) is 0 Å². The van der Waals surface area contributed by atoms with Gasteiger partial charge in [-0.15, -0.1) is 5.10 Å². The molecule has 0 bridgehead atoms. The van der Waals surface area contributed by atoms with Crippen LogP contribution in [-0.2, 0) is 15.1 Å². The van der Waals surface area contributed by atoms with E-state index in [4.69, 9.17) is 11.6 Å². The summed E-state index contributed by atoms with van der Waals surface area (Å²) in [6, 6.07) is 16.8. The van der Waals surface area contributed by atoms with Crippen molar-refractivity contribution in [1.82, 2.24) is 25.1 Å². The van der Waals surface area contributed by atoms with E-state index >= 15 is 0 Å². The molecule has 9 heteroatoms. The lowest BCUT2D eigenvalue weighted by Crippen LogP contribution is -2.54. The van der Waals surface area contributed by atoms with Crippen molar-refractivity contribution in [2.24, 2.45) is 0 Å². The summed E-state index contributed by atoms with van der Waals surface area (Å²) in [5.74, 6) is -0.0481. The van der Waals surface area contributed by atoms with E-state index in [1.54, 1.807) is 22.7 Å². The number of hydrogen-bond acceptors (Lipinski definition) is 6. The average molecular weight is 456 g/mol. The molecule has 0 aliphatic heterocycles. The van der Waals surface area contributed by atoms with Gasteiger partial charge in [0.1, 0.15) is 5.54 Å². The molecule has 3 aromatic rings. The van der Waals surface area contributed by atoms with Gasteiger partial charge in [-0.2, -0.15) is 4.68 Å². The molecule has 1 aromatic heterocycles. The van der Waals surface area contributed by atoms with E-state index in [0.717, 1.165) is 18.5 Å². The molecule has 160 valence electrons. The van der Waals surface area contributed by atoms with E-state index in [1.807, 2.05) is 48.5 Å². The molecule has 0 radical (unpaired) electrons. The largest absolute Gasteiger partial charge is 0.328 e. The number of carbonyl (C=O) groups excluding carboxylic acids is 2. The number of amides is 1. The molecule has 0 saturated heterocycles. The number of tetrazole rings is 1. The summed E-state index contributed by atoms with van der Waals surface area (Å²) in [6.45, 7) is 0. The fourth-order valence-corrected chi connectivity index (χ4v) is 5.16. The van der Waals surface area contributed by atoms with Gasteiger partial charge in [-0.3, -0.25) is 9.59 Å². The van der Waals surface area contributed by atoms with Crippen molar-refractivity contribution >= 4 is 35.1 Å². The fraction of sp³-hybridized carbons (Fsp3) is 0.318. The molecule has 1 heterocycles. The van der Waals surface area contributed by atoms with Crippen LogP contribution < -0.4 is 0 Å². The normalized spacial score (nSPS) is 18.7. The predicted molar refractivity (Wildman–Crippen MR) is 119 cm³/mol. The zero-order valence-electron chi connectivity index (χ0n) is 17.1. The number of Topliss-reactive ketones (excluding diaryl/α,β-unsaturated/α-hetero) is 1. The number of nitrogens with zero attached hydrogens (tertiary/aromatic N) is 5. The standard InChI is InChI=1S/C22H22ClN5O2S/c1-27(22(14-8-7-13-19(22)29)17-11-5-6-12-18(17)23)20(30)15-31-21-24-25-26-28(21)16-9-3-2-4-10-16/h2-6,9-12H,7-8,13-15H2,1H3/t22-/m1/s1. The van der Waals surface area contributed by atoms with E-state index in [9.17, 15) is 9.59 Å². The second-order valence-electron chi connectivity index (χ2n) is 7.42. The Balaban J connectivity index is 1.58. The Morgan fingerprint density at radius 1 is 1.16 bits per heavy atom. The zero-order chi connectivity index (χ0) is 21.8. The van der Waals surface area contributed by atoms with Crippen molar-refractivity contribution in [2.45, 2.75) is 36.4 Å². The average Bonchev–Trinajstić information content (AvgIpc) is 3.27. The molecule has 0 N–H and O–H groups in total. The number of halogens is 1. The Kier molecular flexibility index (Phi) is 6.38. The minimum atomic E-state index is -1.04. The molecule has 2 aromatic carbocycles. The molecular formula is C22H22ClN5O2S. The highest BCUT2D eigenvalue weighted by molar-refractivity contribution is 7.99. The highest BCUT2D eigenvalue weighted by Gasteiger charge is 2.47. The highest BCUT2D eigenvalue weighted by atomic mass is 35.5. The Morgan fingerprint density at radius 3 is 2.65 bits per heavy atom. The maximum absolute atomic E-state index is 13.3. The topological polar surface area (TPSA) is 81.0 Å². The van der Waals surface area contributed by atoms with Gasteiger partial charge in [-0.1, -0.05) is 59.8 Å². The van der Waals surface area contributed by atoms with Gasteiger partial charge < -0.3 is 4.90 Å². The summed E-state index contributed by atoms with van der Waals surface area (Å²) >= 11 is 7.72. The molecule has 0 spiro atoms. The summed E-state index contributed by atoms with van der Waals surface area (Å²) in [5.41, 5.74) is 0.460. The summed E-state index contributed by atoms with van der Waals surface area (Å²) in [7, 11) is 1.69. The molecule has 1 saturated carbocycles. The number of likely N-dealkylation sites (N-methyl/N-ethyl adjacent to an activating group) is 1. The van der Waals surface area contributed by atoms with E-state index in [-0.39, 0.29) is 17.4 Å². The van der Waals surface area contributed by atoms with Crippen molar-refractivity contribution in [3.63, 3.8) is 0 Å². The van der Waals surface area contributed by atoms with Crippen LogP contribution in [0.1, 0.15) is 31.2 Å². The first kappa shape index (κ1) is 21.5. The van der Waals surface area contributed by atoms with Crippen LogP contribution in [0.15, 0.2) is 59.8 Å². The van der Waals surface area contributed by atoms with Crippen molar-refractivity contribution < 1.29 is 9.59 Å². The molecule has 1 aliphatic carbocycles. The van der Waals surface area contributed by atoms with E-state index < -0.39 is 5.54 Å². The quantitative estimate of drug-likeness (QED) is 0.524. The number of thioether (sulfide) groups is 1. The van der Waals surface area contributed by atoms with Gasteiger partial charge in [0.15, 0.2) is 5.78 Å². The number of rotatable bonds is 6. The van der Waals surface area contributed by atoms with Gasteiger partial charge in [-0.25, -0.2) is 0 Å². The van der Waals surface area contributed by atoms with Gasteiger partial charge >= 0.3 is 0 Å². The fourth-order valence-electron chi connectivity index (χ4n) is 4.07. The lowest BCUT2D eigenvalue weighted by molar-refractivity contribution is -0.146. The third-order valence-electron chi connectivity index (χ3n) is 5.69. The second-order valence-corrected chi connectivity index (χ2v) is 8.77.